The molecule has 1 N–H and O–H groups in total. The van der Waals surface area contributed by atoms with Crippen LogP contribution in [0.4, 0.5) is 14.5 Å². The third-order valence-electron chi connectivity index (χ3n) is 5.67. The van der Waals surface area contributed by atoms with E-state index < -0.39 is 23.2 Å². The molecular weight excluding hydrogens is 378 g/mol. The van der Waals surface area contributed by atoms with Crippen LogP contribution in [-0.2, 0) is 16.0 Å². The van der Waals surface area contributed by atoms with Crippen molar-refractivity contribution in [3.05, 3.63) is 65.2 Å². The minimum Gasteiger partial charge on any atom is -0.445 e. The van der Waals surface area contributed by atoms with Gasteiger partial charge in [-0.15, -0.1) is 0 Å². The van der Waals surface area contributed by atoms with Crippen LogP contribution in [0.15, 0.2) is 42.5 Å². The molecule has 0 saturated carbocycles. The normalized spacial score (nSPS) is 23.5. The highest BCUT2D eigenvalue weighted by molar-refractivity contribution is 5.97. The van der Waals surface area contributed by atoms with Crippen LogP contribution in [0.3, 0.4) is 0 Å². The van der Waals surface area contributed by atoms with Gasteiger partial charge in [0.2, 0.25) is 0 Å². The molecule has 152 valence electrons. The van der Waals surface area contributed by atoms with Crippen molar-refractivity contribution in [3.8, 4) is 0 Å². The fourth-order valence-electron chi connectivity index (χ4n) is 4.00. The second kappa shape index (κ2) is 7.46. The highest BCUT2D eigenvalue weighted by atomic mass is 19.2. The number of carbonyl (C=O) groups excluding carboxylic acids is 2. The minimum absolute atomic E-state index is 0.169. The number of rotatable bonds is 4. The van der Waals surface area contributed by atoms with Crippen molar-refractivity contribution in [2.75, 3.05) is 24.5 Å². The van der Waals surface area contributed by atoms with Crippen LogP contribution in [0.25, 0.3) is 0 Å². The van der Waals surface area contributed by atoms with E-state index in [1.54, 1.807) is 25.1 Å². The Hall–Kier alpha value is -2.96. The van der Waals surface area contributed by atoms with Crippen molar-refractivity contribution in [3.63, 3.8) is 0 Å². The van der Waals surface area contributed by atoms with E-state index in [0.717, 1.165) is 18.1 Å². The molecule has 2 atom stereocenters. The van der Waals surface area contributed by atoms with Crippen LogP contribution in [0, 0.1) is 17.6 Å². The second-order valence-corrected chi connectivity index (χ2v) is 7.86. The molecule has 0 aromatic heterocycles. The lowest BCUT2D eigenvalue weighted by atomic mass is 9.89. The van der Waals surface area contributed by atoms with E-state index in [9.17, 15) is 18.4 Å². The Kier molecular flexibility index (Phi) is 4.98. The number of ether oxygens (including phenoxy) is 1. The first kappa shape index (κ1) is 19.4. The molecule has 2 heterocycles. The number of cyclic esters (lactones) is 1. The zero-order valence-electron chi connectivity index (χ0n) is 16.1. The summed E-state index contributed by atoms with van der Waals surface area (Å²) >= 11 is 0. The largest absolute Gasteiger partial charge is 0.445 e. The first-order chi connectivity index (χ1) is 13.9. The van der Waals surface area contributed by atoms with Crippen LogP contribution in [0.1, 0.15) is 29.3 Å². The predicted octanol–water partition coefficient (Wildman–Crippen LogP) is 3.08. The molecule has 0 radical (unpaired) electrons. The highest BCUT2D eigenvalue weighted by Crippen LogP contribution is 2.29. The van der Waals surface area contributed by atoms with Gasteiger partial charge in [0.15, 0.2) is 17.2 Å². The van der Waals surface area contributed by atoms with Gasteiger partial charge >= 0.3 is 5.97 Å². The first-order valence-corrected chi connectivity index (χ1v) is 9.65. The van der Waals surface area contributed by atoms with Crippen molar-refractivity contribution in [1.29, 1.82) is 0 Å². The second-order valence-electron chi connectivity index (χ2n) is 7.86. The van der Waals surface area contributed by atoms with Crippen molar-refractivity contribution >= 4 is 17.6 Å². The van der Waals surface area contributed by atoms with E-state index in [1.807, 2.05) is 17.0 Å². The van der Waals surface area contributed by atoms with Gasteiger partial charge in [-0.2, -0.15) is 0 Å². The molecule has 7 heteroatoms. The maximum absolute atomic E-state index is 13.5. The maximum Gasteiger partial charge on any atom is 0.339 e. The average Bonchev–Trinajstić information content (AvgIpc) is 3.17. The van der Waals surface area contributed by atoms with Crippen molar-refractivity contribution in [1.82, 2.24) is 5.32 Å². The van der Waals surface area contributed by atoms with Gasteiger partial charge in [0.25, 0.3) is 5.91 Å². The molecule has 1 saturated heterocycles. The van der Waals surface area contributed by atoms with Crippen molar-refractivity contribution < 1.29 is 23.1 Å². The van der Waals surface area contributed by atoms with Gasteiger partial charge in [0.1, 0.15) is 0 Å². The Balaban J connectivity index is 1.35. The number of hydrogen-bond donors (Lipinski definition) is 1. The molecule has 1 fully saturated rings. The third-order valence-corrected chi connectivity index (χ3v) is 5.67. The smallest absolute Gasteiger partial charge is 0.339 e. The van der Waals surface area contributed by atoms with Gasteiger partial charge in [0, 0.05) is 37.8 Å². The topological polar surface area (TPSA) is 58.6 Å². The predicted molar refractivity (Wildman–Crippen MR) is 104 cm³/mol. The van der Waals surface area contributed by atoms with Crippen LogP contribution in [-0.4, -0.2) is 37.1 Å². The molecule has 1 amide bonds. The number of nitrogens with zero attached hydrogens (tertiary/aromatic N) is 1. The van der Waals surface area contributed by atoms with Crippen LogP contribution < -0.4 is 10.2 Å². The molecule has 0 bridgehead atoms. The summed E-state index contributed by atoms with van der Waals surface area (Å²) in [5, 5.41) is 2.90. The molecule has 2 aromatic rings. The lowest BCUT2D eigenvalue weighted by Gasteiger charge is -2.33. The maximum atomic E-state index is 13.5. The zero-order chi connectivity index (χ0) is 20.6. The SMILES string of the molecule is CC1(C(=O)NCC2CCN(c3ccc(F)c(F)c3)C2)Cc2ccccc2C(=O)O1. The molecule has 2 aliphatic rings. The number of esters is 1. The van der Waals surface area contributed by atoms with E-state index >= 15 is 0 Å². The number of hydrogen-bond acceptors (Lipinski definition) is 4. The van der Waals surface area contributed by atoms with Crippen LogP contribution >= 0.6 is 0 Å². The zero-order valence-corrected chi connectivity index (χ0v) is 16.1. The summed E-state index contributed by atoms with van der Waals surface area (Å²) in [5.41, 5.74) is 0.675. The summed E-state index contributed by atoms with van der Waals surface area (Å²) in [4.78, 5) is 27.0. The van der Waals surface area contributed by atoms with Crippen LogP contribution in [0.2, 0.25) is 0 Å². The Labute approximate surface area is 167 Å². The van der Waals surface area contributed by atoms with Crippen molar-refractivity contribution in [2.24, 2.45) is 5.92 Å². The summed E-state index contributed by atoms with van der Waals surface area (Å²) < 4.78 is 32.1. The summed E-state index contributed by atoms with van der Waals surface area (Å²) in [7, 11) is 0. The average molecular weight is 400 g/mol. The highest BCUT2D eigenvalue weighted by Gasteiger charge is 2.42. The molecule has 2 aliphatic heterocycles. The fraction of sp³-hybridized carbons (Fsp3) is 0.364. The van der Waals surface area contributed by atoms with E-state index in [-0.39, 0.29) is 11.8 Å². The van der Waals surface area contributed by atoms with Gasteiger partial charge in [-0.05, 0) is 43.0 Å². The molecule has 5 nitrogen and oxygen atoms in total. The lowest BCUT2D eigenvalue weighted by Crippen LogP contribution is -2.52. The molecule has 2 unspecified atom stereocenters. The van der Waals surface area contributed by atoms with Gasteiger partial charge in [-0.3, -0.25) is 4.79 Å². The Morgan fingerprint density at radius 3 is 2.83 bits per heavy atom. The number of benzene rings is 2. The van der Waals surface area contributed by atoms with Crippen LogP contribution in [0.5, 0.6) is 0 Å². The number of nitrogens with one attached hydrogen (secondary N) is 1. The fourth-order valence-corrected chi connectivity index (χ4v) is 4.00. The number of fused-ring (bicyclic) bond motifs is 1. The lowest BCUT2D eigenvalue weighted by molar-refractivity contribution is -0.139. The molecular formula is C22H22F2N2O3. The van der Waals surface area contributed by atoms with Crippen molar-refractivity contribution in [2.45, 2.75) is 25.4 Å². The Morgan fingerprint density at radius 1 is 1.24 bits per heavy atom. The molecule has 0 aliphatic carbocycles. The summed E-state index contributed by atoms with van der Waals surface area (Å²) in [6.45, 7) is 3.38. The number of anilines is 1. The Morgan fingerprint density at radius 2 is 2.03 bits per heavy atom. The monoisotopic (exact) mass is 400 g/mol. The van der Waals surface area contributed by atoms with Gasteiger partial charge in [0.05, 0.1) is 5.56 Å². The standard InChI is InChI=1S/C22H22F2N2O3/c1-22(11-15-4-2-3-5-17(15)20(27)29-22)21(28)25-12-14-8-9-26(13-14)16-6-7-18(23)19(24)10-16/h2-7,10,14H,8-9,11-13H2,1H3,(H,25,28). The number of amides is 1. The summed E-state index contributed by atoms with van der Waals surface area (Å²) in [6, 6.07) is 11.0. The van der Waals surface area contributed by atoms with E-state index in [4.69, 9.17) is 4.74 Å². The molecule has 0 spiro atoms. The quantitative estimate of drug-likeness (QED) is 0.802. The molecule has 2 aromatic carbocycles. The van der Waals surface area contributed by atoms with E-state index in [2.05, 4.69) is 5.32 Å². The van der Waals surface area contributed by atoms with Gasteiger partial charge in [-0.25, -0.2) is 13.6 Å². The summed E-state index contributed by atoms with van der Waals surface area (Å²) in [5.74, 6) is -2.39. The van der Waals surface area contributed by atoms with Gasteiger partial charge in [-0.1, -0.05) is 18.2 Å². The number of carbonyl (C=O) groups is 2. The first-order valence-electron chi connectivity index (χ1n) is 9.65. The minimum atomic E-state index is -1.25. The van der Waals surface area contributed by atoms with E-state index in [0.29, 0.717) is 37.3 Å². The molecule has 29 heavy (non-hydrogen) atoms. The number of halogens is 2. The molecule has 4 rings (SSSR count). The summed E-state index contributed by atoms with van der Waals surface area (Å²) in [6.07, 6.45) is 1.14. The Bertz CT molecular complexity index is 965. The third kappa shape index (κ3) is 3.81. The van der Waals surface area contributed by atoms with E-state index in [1.165, 1.54) is 6.07 Å². The van der Waals surface area contributed by atoms with Gasteiger partial charge < -0.3 is 15.0 Å².